The molecule has 0 amide bonds. The fourth-order valence-corrected chi connectivity index (χ4v) is 2.36. The number of rotatable bonds is 2. The Kier molecular flexibility index (Phi) is 2.28. The fraction of sp³-hybridized carbons (Fsp3) is 0.200. The summed E-state index contributed by atoms with van der Waals surface area (Å²) in [6, 6.07) is 7.30. The Bertz CT molecular complexity index is 598. The van der Waals surface area contributed by atoms with Crippen LogP contribution >= 0.6 is 0 Å². The third-order valence-electron chi connectivity index (χ3n) is 2.25. The molecular formula is C10H11NO3S. The second kappa shape index (κ2) is 3.36. The summed E-state index contributed by atoms with van der Waals surface area (Å²) in [4.78, 5) is 0. The molecule has 4 nitrogen and oxygen atoms in total. The number of para-hydroxylation sites is 1. The number of primary sulfonamides is 1. The minimum absolute atomic E-state index is 0.185. The number of nitrogens with two attached hydrogens (primary N) is 1. The lowest BCUT2D eigenvalue weighted by Gasteiger charge is -1.96. The van der Waals surface area contributed by atoms with Gasteiger partial charge in [0.15, 0.2) is 0 Å². The van der Waals surface area contributed by atoms with Gasteiger partial charge < -0.3 is 4.42 Å². The normalized spacial score (nSPS) is 12.1. The van der Waals surface area contributed by atoms with Crippen LogP contribution in [0.1, 0.15) is 11.3 Å². The highest BCUT2D eigenvalue weighted by Gasteiger charge is 2.15. The van der Waals surface area contributed by atoms with E-state index in [9.17, 15) is 8.42 Å². The number of sulfonamides is 1. The zero-order valence-electron chi connectivity index (χ0n) is 8.23. The molecule has 1 aromatic carbocycles. The third-order valence-corrected chi connectivity index (χ3v) is 2.94. The first-order chi connectivity index (χ1) is 6.97. The predicted molar refractivity (Wildman–Crippen MR) is 57.8 cm³/mol. The second-order valence-corrected chi connectivity index (χ2v) is 5.05. The third kappa shape index (κ3) is 2.03. The van der Waals surface area contributed by atoms with Crippen molar-refractivity contribution in [3.8, 4) is 0 Å². The molecule has 0 aliphatic carbocycles. The molecular weight excluding hydrogens is 214 g/mol. The number of aryl methyl sites for hydroxylation is 1. The molecule has 0 saturated carbocycles. The summed E-state index contributed by atoms with van der Waals surface area (Å²) < 4.78 is 27.5. The van der Waals surface area contributed by atoms with Gasteiger partial charge in [-0.05, 0) is 13.0 Å². The van der Waals surface area contributed by atoms with Crippen LogP contribution in [0.3, 0.4) is 0 Å². The quantitative estimate of drug-likeness (QED) is 0.842. The van der Waals surface area contributed by atoms with Gasteiger partial charge in [-0.3, -0.25) is 0 Å². The first kappa shape index (κ1) is 10.2. The maximum Gasteiger partial charge on any atom is 0.213 e. The number of furan rings is 1. The van der Waals surface area contributed by atoms with E-state index in [1.54, 1.807) is 13.0 Å². The number of fused-ring (bicyclic) bond motifs is 1. The van der Waals surface area contributed by atoms with Crippen LogP contribution in [0.5, 0.6) is 0 Å². The van der Waals surface area contributed by atoms with Gasteiger partial charge in [0.05, 0.1) is 5.75 Å². The number of hydrogen-bond donors (Lipinski definition) is 1. The van der Waals surface area contributed by atoms with Crippen molar-refractivity contribution >= 4 is 21.0 Å². The highest BCUT2D eigenvalue weighted by atomic mass is 32.2. The van der Waals surface area contributed by atoms with Crippen LogP contribution in [0, 0.1) is 6.92 Å². The van der Waals surface area contributed by atoms with Crippen molar-refractivity contribution < 1.29 is 12.8 Å². The van der Waals surface area contributed by atoms with Crippen LogP contribution in [0.25, 0.3) is 11.0 Å². The minimum Gasteiger partial charge on any atom is -0.461 e. The summed E-state index contributed by atoms with van der Waals surface area (Å²) in [5, 5.41) is 5.83. The monoisotopic (exact) mass is 225 g/mol. The van der Waals surface area contributed by atoms with E-state index in [1.807, 2.05) is 18.2 Å². The average molecular weight is 225 g/mol. The van der Waals surface area contributed by atoms with Crippen LogP contribution < -0.4 is 5.14 Å². The van der Waals surface area contributed by atoms with E-state index in [-0.39, 0.29) is 5.75 Å². The summed E-state index contributed by atoms with van der Waals surface area (Å²) in [7, 11) is -3.52. The minimum atomic E-state index is -3.52. The van der Waals surface area contributed by atoms with Crippen LogP contribution in [0.15, 0.2) is 28.7 Å². The van der Waals surface area contributed by atoms with Gasteiger partial charge in [0.1, 0.15) is 11.3 Å². The molecule has 1 aromatic heterocycles. The van der Waals surface area contributed by atoms with Gasteiger partial charge in [0, 0.05) is 10.9 Å². The van der Waals surface area contributed by atoms with Gasteiger partial charge in [0.25, 0.3) is 0 Å². The molecule has 0 aliphatic rings. The van der Waals surface area contributed by atoms with Crippen molar-refractivity contribution in [3.05, 3.63) is 35.6 Å². The molecule has 0 spiro atoms. The summed E-state index contributed by atoms with van der Waals surface area (Å²) >= 11 is 0. The Balaban J connectivity index is 2.64. The molecule has 15 heavy (non-hydrogen) atoms. The Labute approximate surface area is 87.7 Å². The maximum absolute atomic E-state index is 11.0. The average Bonchev–Trinajstić information content (AvgIpc) is 2.41. The van der Waals surface area contributed by atoms with Crippen molar-refractivity contribution in [2.75, 3.05) is 0 Å². The molecule has 0 bridgehead atoms. The molecule has 2 N–H and O–H groups in total. The summed E-state index contributed by atoms with van der Waals surface area (Å²) in [6.07, 6.45) is 0. The van der Waals surface area contributed by atoms with Crippen LogP contribution in [0.4, 0.5) is 0 Å². The highest BCUT2D eigenvalue weighted by molar-refractivity contribution is 7.88. The topological polar surface area (TPSA) is 73.3 Å². The van der Waals surface area contributed by atoms with Crippen molar-refractivity contribution in [1.82, 2.24) is 0 Å². The SMILES string of the molecule is Cc1oc2ccccc2c1CS(N)(=O)=O. The predicted octanol–water partition coefficient (Wildman–Crippen LogP) is 1.53. The standard InChI is InChI=1S/C10H11NO3S/c1-7-9(6-15(11,12)13)8-4-2-3-5-10(8)14-7/h2-5H,6H2,1H3,(H2,11,12,13). The second-order valence-electron chi connectivity index (χ2n) is 3.44. The van der Waals surface area contributed by atoms with Gasteiger partial charge in [0.2, 0.25) is 10.0 Å². The van der Waals surface area contributed by atoms with E-state index < -0.39 is 10.0 Å². The lowest BCUT2D eigenvalue weighted by molar-refractivity contribution is 0.570. The largest absolute Gasteiger partial charge is 0.461 e. The van der Waals surface area contributed by atoms with Crippen LogP contribution in [-0.2, 0) is 15.8 Å². The molecule has 0 radical (unpaired) electrons. The van der Waals surface area contributed by atoms with Crippen molar-refractivity contribution in [2.24, 2.45) is 5.14 Å². The maximum atomic E-state index is 11.0. The molecule has 5 heteroatoms. The van der Waals surface area contributed by atoms with Crippen molar-refractivity contribution in [1.29, 1.82) is 0 Å². The van der Waals surface area contributed by atoms with Gasteiger partial charge in [-0.1, -0.05) is 18.2 Å². The summed E-state index contributed by atoms with van der Waals surface area (Å²) in [6.45, 7) is 1.74. The molecule has 80 valence electrons. The lowest BCUT2D eigenvalue weighted by Crippen LogP contribution is -2.14. The summed E-state index contributed by atoms with van der Waals surface area (Å²) in [5.41, 5.74) is 1.33. The smallest absolute Gasteiger partial charge is 0.213 e. The van der Waals surface area contributed by atoms with E-state index in [4.69, 9.17) is 9.56 Å². The van der Waals surface area contributed by atoms with Crippen LogP contribution in [0.2, 0.25) is 0 Å². The van der Waals surface area contributed by atoms with Gasteiger partial charge in [-0.15, -0.1) is 0 Å². The lowest BCUT2D eigenvalue weighted by atomic mass is 10.1. The molecule has 2 rings (SSSR count). The number of benzene rings is 1. The van der Waals surface area contributed by atoms with Gasteiger partial charge in [-0.2, -0.15) is 0 Å². The molecule has 0 saturated heterocycles. The van der Waals surface area contributed by atoms with Gasteiger partial charge >= 0.3 is 0 Å². The molecule has 0 unspecified atom stereocenters. The Morgan fingerprint density at radius 2 is 2.00 bits per heavy atom. The molecule has 2 aromatic rings. The number of hydrogen-bond acceptors (Lipinski definition) is 3. The van der Waals surface area contributed by atoms with Crippen molar-refractivity contribution in [2.45, 2.75) is 12.7 Å². The van der Waals surface area contributed by atoms with E-state index >= 15 is 0 Å². The zero-order valence-corrected chi connectivity index (χ0v) is 9.04. The molecule has 1 heterocycles. The highest BCUT2D eigenvalue weighted by Crippen LogP contribution is 2.26. The van der Waals surface area contributed by atoms with E-state index in [0.717, 1.165) is 5.39 Å². The first-order valence-corrected chi connectivity index (χ1v) is 6.16. The Morgan fingerprint density at radius 3 is 2.67 bits per heavy atom. The molecule has 0 aliphatic heterocycles. The Hall–Kier alpha value is -1.33. The van der Waals surface area contributed by atoms with E-state index in [0.29, 0.717) is 16.9 Å². The van der Waals surface area contributed by atoms with E-state index in [2.05, 4.69) is 0 Å². The van der Waals surface area contributed by atoms with E-state index in [1.165, 1.54) is 0 Å². The summed E-state index contributed by atoms with van der Waals surface area (Å²) in [5.74, 6) is 0.417. The zero-order chi connectivity index (χ0) is 11.1. The first-order valence-electron chi connectivity index (χ1n) is 4.45. The Morgan fingerprint density at radius 1 is 1.33 bits per heavy atom. The van der Waals surface area contributed by atoms with Crippen molar-refractivity contribution in [3.63, 3.8) is 0 Å². The van der Waals surface area contributed by atoms with Crippen LogP contribution in [-0.4, -0.2) is 8.42 Å². The molecule has 0 atom stereocenters. The fourth-order valence-electron chi connectivity index (χ4n) is 1.60. The van der Waals surface area contributed by atoms with Gasteiger partial charge in [-0.25, -0.2) is 13.6 Å². The molecule has 0 fully saturated rings.